The Hall–Kier alpha value is -8.54. The molecule has 655 valence electrons. The van der Waals surface area contributed by atoms with Gasteiger partial charge in [-0.2, -0.15) is 0 Å². The minimum absolute atomic E-state index is 0.0389. The van der Waals surface area contributed by atoms with Gasteiger partial charge in [0.1, 0.15) is 61.7 Å². The Balaban J connectivity index is 0.659. The number of carbonyl (C=O) groups excluding carboxylic acids is 6. The van der Waals surface area contributed by atoms with E-state index in [0.29, 0.717) is 94.7 Å². The predicted molar refractivity (Wildman–Crippen MR) is 422 cm³/mol. The fourth-order valence-electron chi connectivity index (χ4n) is 19.5. The summed E-state index contributed by atoms with van der Waals surface area (Å²) in [6, 6.07) is 9.19. The van der Waals surface area contributed by atoms with Gasteiger partial charge in [-0.05, 0) is 74.2 Å². The molecule has 4 saturated heterocycles. The Morgan fingerprint density at radius 2 is 1.45 bits per heavy atom. The highest BCUT2D eigenvalue weighted by molar-refractivity contribution is 8.76. The number of H-pyrrole nitrogens is 1. The summed E-state index contributed by atoms with van der Waals surface area (Å²) < 4.78 is 42.0. The number of fused-ring (bicyclic) bond motifs is 6. The minimum atomic E-state index is -2.64. The molecule has 16 N–H and O–H groups in total. The molecule has 120 heavy (non-hydrogen) atoms. The second-order valence-electron chi connectivity index (χ2n) is 32.2. The Bertz CT molecular complexity index is 4580. The first-order chi connectivity index (χ1) is 57.4. The van der Waals surface area contributed by atoms with E-state index in [9.17, 15) is 89.7 Å². The summed E-state index contributed by atoms with van der Waals surface area (Å²) >= 11 is 0. The van der Waals surface area contributed by atoms with Crippen LogP contribution < -0.4 is 31.1 Å². The van der Waals surface area contributed by atoms with E-state index in [4.69, 9.17) is 33.2 Å². The van der Waals surface area contributed by atoms with Gasteiger partial charge in [-0.1, -0.05) is 83.1 Å². The zero-order chi connectivity index (χ0) is 85.9. The number of ketones is 1. The first-order valence-corrected chi connectivity index (χ1v) is 42.6. The van der Waals surface area contributed by atoms with E-state index in [1.807, 2.05) is 55.2 Å². The number of ether oxygens (including phenoxy) is 7. The molecule has 2 bridgehead atoms. The van der Waals surface area contributed by atoms with Gasteiger partial charge in [0, 0.05) is 134 Å². The number of hydrogen-bond donors (Lipinski definition) is 16. The number of anilines is 1. The number of benzene rings is 2. The third-order valence-corrected chi connectivity index (χ3v) is 27.3. The molecule has 13 rings (SSSR count). The van der Waals surface area contributed by atoms with Gasteiger partial charge in [0.15, 0.2) is 36.2 Å². The normalized spacial score (nSPS) is 32.3. The maximum absolute atomic E-state index is 15.4. The van der Waals surface area contributed by atoms with E-state index < -0.39 is 167 Å². The Labute approximate surface area is 696 Å². The molecule has 22 atom stereocenters. The molecule has 5 unspecified atom stereocenters. The number of aromatic nitrogens is 7. The number of aliphatic carboxylic acids is 2. The number of carboxylic acids is 2. The Morgan fingerprint density at radius 1 is 0.783 bits per heavy atom. The van der Waals surface area contributed by atoms with Crippen LogP contribution >= 0.6 is 21.6 Å². The molecule has 40 nitrogen and oxygen atoms in total. The van der Waals surface area contributed by atoms with Crippen molar-refractivity contribution >= 4 is 86.2 Å². The number of nitrogens with one attached hydrogen (secondary N) is 5. The van der Waals surface area contributed by atoms with Gasteiger partial charge >= 0.3 is 18.0 Å². The van der Waals surface area contributed by atoms with Crippen LogP contribution in [-0.4, -0.2) is 331 Å². The first kappa shape index (κ1) is 89.2. The van der Waals surface area contributed by atoms with Crippen LogP contribution in [0.3, 0.4) is 0 Å². The van der Waals surface area contributed by atoms with Crippen molar-refractivity contribution in [1.82, 2.24) is 66.3 Å². The number of methoxy groups -OCH3 is 1. The number of carbonyl (C=O) groups is 8. The molecule has 5 aromatic rings. The number of piperidine rings is 1. The van der Waals surface area contributed by atoms with Crippen LogP contribution in [0.2, 0.25) is 0 Å². The number of aromatic amines is 1. The Morgan fingerprint density at radius 3 is 2.08 bits per heavy atom. The van der Waals surface area contributed by atoms with Crippen molar-refractivity contribution in [3.63, 3.8) is 0 Å². The highest BCUT2D eigenvalue weighted by Gasteiger charge is 2.79. The molecule has 42 heteroatoms. The monoisotopic (exact) mass is 1720 g/mol. The number of Topliss-reactive ketones (excluding diaryl/α,β-unsaturated/α-hetero) is 1. The highest BCUT2D eigenvalue weighted by Crippen LogP contribution is 2.68. The SMILES string of the molecule is CCC(=O)N[C@@H](Cc1cn(CCO[C@@H]2OC(C(=O)O)[C@H](O)[C@H](O)C2O)nn1)C(=O)C[C@@H](Cc1cn(CCO[C@@H]2OC(C(=O)O)[C@H](O)[C@H](O)C2O)nn1)C(=O)N[CH]CSSCCOC(=O)NNC(=O)[C@@]1(O)[C@H](O)[C@]2(CC)C=CCN3CC[C@@]4(c5cc([C@@]6(COC=O)C[C@@H]7CN(CCc8c6[nH]c6ccccc86)C[C@](O)(CC)C7)c(OC)cc5N(C)[C@@H]14)[C@@H]32. The van der Waals surface area contributed by atoms with Crippen LogP contribution in [0.15, 0.2) is 60.9 Å². The van der Waals surface area contributed by atoms with Crippen molar-refractivity contribution in [2.45, 2.75) is 206 Å². The molecule has 2 aromatic carbocycles. The van der Waals surface area contributed by atoms with E-state index in [1.165, 1.54) is 49.9 Å². The number of hydrazine groups is 1. The van der Waals surface area contributed by atoms with E-state index in [1.54, 1.807) is 21.1 Å². The highest BCUT2D eigenvalue weighted by atomic mass is 33.1. The molecule has 1 saturated carbocycles. The Kier molecular flexibility index (Phi) is 27.7. The van der Waals surface area contributed by atoms with Crippen LogP contribution in [-0.2, 0) is 105 Å². The zero-order valence-corrected chi connectivity index (χ0v) is 68.4. The van der Waals surface area contributed by atoms with E-state index in [-0.39, 0.29) is 87.6 Å². The molecule has 5 fully saturated rings. The van der Waals surface area contributed by atoms with Gasteiger partial charge in [0.05, 0.1) is 80.4 Å². The van der Waals surface area contributed by atoms with Crippen molar-refractivity contribution in [2.24, 2.45) is 17.3 Å². The predicted octanol–water partition coefficient (Wildman–Crippen LogP) is -2.38. The average Bonchev–Trinajstić information content (AvgIpc) is 1.47. The fraction of sp³-hybridized carbons (Fsp3) is 0.628. The summed E-state index contributed by atoms with van der Waals surface area (Å²) in [5.74, 6) is -6.60. The largest absolute Gasteiger partial charge is 0.496 e. The third-order valence-electron chi connectivity index (χ3n) is 25.1. The van der Waals surface area contributed by atoms with E-state index in [0.717, 1.165) is 27.7 Å². The zero-order valence-electron chi connectivity index (χ0n) is 66.8. The smallest absolute Gasteiger partial charge is 0.426 e. The van der Waals surface area contributed by atoms with Crippen LogP contribution in [0.5, 0.6) is 5.75 Å². The lowest BCUT2D eigenvalue weighted by Gasteiger charge is -2.63. The molecule has 1 spiro atoms. The number of aliphatic hydroxyl groups excluding tert-OH is 7. The summed E-state index contributed by atoms with van der Waals surface area (Å²) in [4.78, 5) is 117. The molecular formula is C78H105N14O26S2. The molecular weight excluding hydrogens is 1610 g/mol. The maximum Gasteiger partial charge on any atom is 0.426 e. The number of likely N-dealkylation sites (N-methyl/N-ethyl adjacent to an activating group) is 1. The lowest BCUT2D eigenvalue weighted by molar-refractivity contribution is -0.294. The molecule has 1 radical (unpaired) electrons. The first-order valence-electron chi connectivity index (χ1n) is 40.1. The van der Waals surface area contributed by atoms with Crippen molar-refractivity contribution < 1.29 is 128 Å². The molecule has 8 aliphatic rings. The maximum atomic E-state index is 15.4. The number of amides is 4. The summed E-state index contributed by atoms with van der Waals surface area (Å²) in [5, 5.41) is 142. The lowest BCUT2D eigenvalue weighted by atomic mass is 9.47. The second kappa shape index (κ2) is 37.3. The lowest BCUT2D eigenvalue weighted by Crippen LogP contribution is -2.82. The van der Waals surface area contributed by atoms with E-state index in [2.05, 4.69) is 69.0 Å². The van der Waals surface area contributed by atoms with Crippen molar-refractivity contribution in [1.29, 1.82) is 0 Å². The molecule has 10 heterocycles. The van der Waals surface area contributed by atoms with Gasteiger partial charge < -0.3 is 110 Å². The summed E-state index contributed by atoms with van der Waals surface area (Å²) in [6.45, 7) is 9.22. The minimum Gasteiger partial charge on any atom is -0.496 e. The van der Waals surface area contributed by atoms with Crippen LogP contribution in [0, 0.1) is 23.8 Å². The molecule has 1 aliphatic carbocycles. The topological polar surface area (TPSA) is 559 Å². The summed E-state index contributed by atoms with van der Waals surface area (Å²) in [7, 11) is 5.83. The molecule has 7 aliphatic heterocycles. The van der Waals surface area contributed by atoms with Gasteiger partial charge in [-0.3, -0.25) is 39.2 Å². The number of carboxylic acid groups (broad SMARTS) is 2. The van der Waals surface area contributed by atoms with E-state index >= 15 is 4.79 Å². The average molecular weight is 1720 g/mol. The number of aliphatic hydroxyl groups is 9. The fourth-order valence-corrected chi connectivity index (χ4v) is 21.1. The molecule has 3 aromatic heterocycles. The van der Waals surface area contributed by atoms with Gasteiger partial charge in [-0.15, -0.1) is 10.2 Å². The summed E-state index contributed by atoms with van der Waals surface area (Å²) in [6.07, 6.45) is -12.7. The number of rotatable bonds is 35. The van der Waals surface area contributed by atoms with Crippen molar-refractivity contribution in [3.8, 4) is 5.75 Å². The van der Waals surface area contributed by atoms with Crippen LogP contribution in [0.25, 0.3) is 10.9 Å². The van der Waals surface area contributed by atoms with Crippen molar-refractivity contribution in [2.75, 3.05) is 89.7 Å². The van der Waals surface area contributed by atoms with Gasteiger partial charge in [0.25, 0.3) is 12.4 Å². The van der Waals surface area contributed by atoms with Crippen LogP contribution in [0.4, 0.5) is 10.5 Å². The van der Waals surface area contributed by atoms with Gasteiger partial charge in [0.2, 0.25) is 11.8 Å². The number of hydrogen-bond acceptors (Lipinski definition) is 33. The van der Waals surface area contributed by atoms with Crippen LogP contribution in [0.1, 0.15) is 99.5 Å². The molecule has 4 amide bonds. The van der Waals surface area contributed by atoms with Gasteiger partial charge in [-0.25, -0.2) is 29.2 Å². The quantitative estimate of drug-likeness (QED) is 0.00662. The third kappa shape index (κ3) is 17.3. The van der Waals surface area contributed by atoms with Crippen molar-refractivity contribution in [3.05, 3.63) is 101 Å². The standard InChI is InChI=1S/C78H105N14O26S2/c1-6-54(95)80-50(30-44-37-92(87-83-44)22-24-115-68-60(101)56(97)58(99)62(118-68)66(105)106)52(94)29-42(28-43-36-91(86-82-43)21-23-114-67-59(100)55(96)57(98)61(117-67)65(103)104)64(102)79-17-26-119-120-27-25-116-73(109)85-84-72(108)78(111)70-77(16-20-90-18-11-15-75(8-3,69(77)90)71(78)107)47-31-48(53(112-5)32-51(47)88(70)4)76(39-113-40-93)34-41-33-74(110,7-2)38-89(35-41)19-14-46-45-12-9-10-13-49(45)81-63(46)76/h9-13,15,17,31-32,36-37,40-42,50,55-62,67-71,81,96-101,107,110-111H,6-8,14,16,18-30,33-35,38-39H2,1-5H3,(H,79,102)(H,80,95)(H,84,108)(H,85,109)(H,103,104)(H,105,106)/t41-,42-,50+,55+,56+,57-,58-,59?,60?,61?,62?,67-,68-,69+,70-,71-,74+,75-,76+,77-,78+/m1/s1. The second-order valence-corrected chi connectivity index (χ2v) is 34.8. The summed E-state index contributed by atoms with van der Waals surface area (Å²) in [5.41, 5.74) is 2.96. The number of nitrogens with zero attached hydrogens (tertiary/aromatic N) is 9. The number of para-hydroxylation sites is 1.